The number of benzene rings is 1. The zero-order chi connectivity index (χ0) is 9.10. The summed E-state index contributed by atoms with van der Waals surface area (Å²) in [7, 11) is 0. The fraction of sp³-hybridized carbons (Fsp3) is 0.100. The normalized spacial score (nSPS) is 10.2. The van der Waals surface area contributed by atoms with Gasteiger partial charge in [0.25, 0.3) is 0 Å². The summed E-state index contributed by atoms with van der Waals surface area (Å²) in [6.07, 6.45) is 1.60. The van der Waals surface area contributed by atoms with Gasteiger partial charge in [-0.2, -0.15) is 0 Å². The van der Waals surface area contributed by atoms with Gasteiger partial charge in [0.2, 0.25) is 0 Å². The summed E-state index contributed by atoms with van der Waals surface area (Å²) in [5.74, 6) is 0.740. The third-order valence-corrected chi connectivity index (χ3v) is 1.81. The standard InChI is InChI=1S/C10H8NO2/c12-7-11-6-9-5-8-3-1-2-4-10(8)13-9/h1-5H,6H2,(H,11,12). The van der Waals surface area contributed by atoms with E-state index in [1.165, 1.54) is 0 Å². The highest BCUT2D eigenvalue weighted by molar-refractivity contribution is 5.77. The van der Waals surface area contributed by atoms with Crippen molar-refractivity contribution in [1.29, 1.82) is 0 Å². The van der Waals surface area contributed by atoms with Gasteiger partial charge in [-0.05, 0) is 12.1 Å². The second-order valence-electron chi connectivity index (χ2n) is 2.71. The number of fused-ring (bicyclic) bond motifs is 1. The van der Waals surface area contributed by atoms with E-state index in [2.05, 4.69) is 5.32 Å². The molecule has 0 fully saturated rings. The Kier molecular flexibility index (Phi) is 2.00. The summed E-state index contributed by atoms with van der Waals surface area (Å²) in [5.41, 5.74) is 0.838. The lowest BCUT2D eigenvalue weighted by Gasteiger charge is -1.89. The first-order chi connectivity index (χ1) is 6.40. The van der Waals surface area contributed by atoms with E-state index >= 15 is 0 Å². The second-order valence-corrected chi connectivity index (χ2v) is 2.71. The minimum atomic E-state index is 0.387. The van der Waals surface area contributed by atoms with Crippen LogP contribution in [-0.4, -0.2) is 6.41 Å². The number of hydrogen-bond acceptors (Lipinski definition) is 2. The summed E-state index contributed by atoms with van der Waals surface area (Å²) >= 11 is 0. The molecule has 1 radical (unpaired) electrons. The average Bonchev–Trinajstić information content (AvgIpc) is 2.57. The van der Waals surface area contributed by atoms with E-state index in [4.69, 9.17) is 4.42 Å². The highest BCUT2D eigenvalue weighted by atomic mass is 16.3. The lowest BCUT2D eigenvalue weighted by atomic mass is 10.2. The molecule has 65 valence electrons. The van der Waals surface area contributed by atoms with Gasteiger partial charge < -0.3 is 9.73 Å². The minimum absolute atomic E-state index is 0.387. The third-order valence-electron chi connectivity index (χ3n) is 1.81. The van der Waals surface area contributed by atoms with Gasteiger partial charge >= 0.3 is 6.41 Å². The van der Waals surface area contributed by atoms with Crippen LogP contribution in [0.1, 0.15) is 5.76 Å². The zero-order valence-corrected chi connectivity index (χ0v) is 6.91. The van der Waals surface area contributed by atoms with Crippen molar-refractivity contribution in [2.75, 3.05) is 0 Å². The molecule has 0 atom stereocenters. The molecule has 1 aromatic heterocycles. The van der Waals surface area contributed by atoms with E-state index in [-0.39, 0.29) is 0 Å². The highest BCUT2D eigenvalue weighted by Crippen LogP contribution is 2.18. The maximum absolute atomic E-state index is 9.92. The Morgan fingerprint density at radius 2 is 2.23 bits per heavy atom. The van der Waals surface area contributed by atoms with Gasteiger partial charge in [-0.15, -0.1) is 0 Å². The molecule has 0 aliphatic carbocycles. The van der Waals surface area contributed by atoms with E-state index < -0.39 is 0 Å². The van der Waals surface area contributed by atoms with Crippen molar-refractivity contribution in [3.05, 3.63) is 36.1 Å². The van der Waals surface area contributed by atoms with Crippen LogP contribution >= 0.6 is 0 Å². The molecule has 2 aromatic rings. The van der Waals surface area contributed by atoms with Crippen molar-refractivity contribution in [3.63, 3.8) is 0 Å². The molecule has 0 bridgehead atoms. The topological polar surface area (TPSA) is 42.2 Å². The first-order valence-corrected chi connectivity index (χ1v) is 3.97. The summed E-state index contributed by atoms with van der Waals surface area (Å²) in [4.78, 5) is 9.92. The second kappa shape index (κ2) is 3.31. The van der Waals surface area contributed by atoms with E-state index in [1.807, 2.05) is 30.3 Å². The molecule has 1 N–H and O–H groups in total. The number of carbonyl (C=O) groups excluding carboxylic acids is 1. The molecule has 2 rings (SSSR count). The van der Waals surface area contributed by atoms with Crippen LogP contribution in [0.15, 0.2) is 34.7 Å². The van der Waals surface area contributed by atoms with Gasteiger partial charge in [0.05, 0.1) is 6.54 Å². The van der Waals surface area contributed by atoms with Gasteiger partial charge in [0, 0.05) is 5.39 Å². The van der Waals surface area contributed by atoms with Crippen LogP contribution in [-0.2, 0) is 11.3 Å². The maximum Gasteiger partial charge on any atom is 0.309 e. The molecule has 0 saturated heterocycles. The molecular weight excluding hydrogens is 166 g/mol. The van der Waals surface area contributed by atoms with Crippen molar-refractivity contribution in [1.82, 2.24) is 5.32 Å². The van der Waals surface area contributed by atoms with Gasteiger partial charge in [-0.25, -0.2) is 0 Å². The minimum Gasteiger partial charge on any atom is -0.459 e. The Bertz CT molecular complexity index is 387. The van der Waals surface area contributed by atoms with Crippen LogP contribution in [0.25, 0.3) is 11.0 Å². The van der Waals surface area contributed by atoms with Crippen LogP contribution < -0.4 is 5.32 Å². The van der Waals surface area contributed by atoms with Crippen LogP contribution in [0, 0.1) is 0 Å². The lowest BCUT2D eigenvalue weighted by molar-refractivity contribution is 0.514. The Balaban J connectivity index is 2.32. The SMILES string of the molecule is O=[C]NCc1cc2ccccc2o1. The number of amides is 1. The number of para-hydroxylation sites is 1. The van der Waals surface area contributed by atoms with Crippen molar-refractivity contribution >= 4 is 17.4 Å². The maximum atomic E-state index is 9.92. The Morgan fingerprint density at radius 1 is 1.38 bits per heavy atom. The fourth-order valence-electron chi connectivity index (χ4n) is 1.25. The van der Waals surface area contributed by atoms with Gasteiger partial charge in [0.15, 0.2) is 0 Å². The monoisotopic (exact) mass is 174 g/mol. The first kappa shape index (κ1) is 7.86. The molecule has 13 heavy (non-hydrogen) atoms. The molecular formula is C10H8NO2. The van der Waals surface area contributed by atoms with E-state index in [0.717, 1.165) is 16.7 Å². The zero-order valence-electron chi connectivity index (χ0n) is 6.91. The molecule has 3 heteroatoms. The van der Waals surface area contributed by atoms with Crippen LogP contribution in [0.2, 0.25) is 0 Å². The van der Waals surface area contributed by atoms with Gasteiger partial charge in [-0.1, -0.05) is 18.2 Å². The van der Waals surface area contributed by atoms with E-state index in [1.54, 1.807) is 6.41 Å². The summed E-state index contributed by atoms with van der Waals surface area (Å²) in [6.45, 7) is 0.387. The number of furan rings is 1. The molecule has 1 aromatic carbocycles. The molecule has 0 aliphatic rings. The van der Waals surface area contributed by atoms with Crippen LogP contribution in [0.4, 0.5) is 0 Å². The van der Waals surface area contributed by atoms with Gasteiger partial charge in [-0.3, -0.25) is 4.79 Å². The summed E-state index contributed by atoms with van der Waals surface area (Å²) in [6, 6.07) is 9.62. The van der Waals surface area contributed by atoms with E-state index in [0.29, 0.717) is 6.54 Å². The lowest BCUT2D eigenvalue weighted by Crippen LogP contribution is -2.08. The Labute approximate surface area is 75.3 Å². The molecule has 0 aliphatic heterocycles. The number of nitrogens with one attached hydrogen (secondary N) is 1. The Hall–Kier alpha value is -1.77. The smallest absolute Gasteiger partial charge is 0.309 e. The Morgan fingerprint density at radius 3 is 3.00 bits per heavy atom. The quantitative estimate of drug-likeness (QED) is 0.718. The molecule has 3 nitrogen and oxygen atoms in total. The third kappa shape index (κ3) is 1.54. The van der Waals surface area contributed by atoms with Crippen molar-refractivity contribution in [2.24, 2.45) is 0 Å². The number of hydrogen-bond donors (Lipinski definition) is 1. The van der Waals surface area contributed by atoms with Crippen LogP contribution in [0.5, 0.6) is 0 Å². The molecule has 0 saturated carbocycles. The predicted octanol–water partition coefficient (Wildman–Crippen LogP) is 1.59. The average molecular weight is 174 g/mol. The predicted molar refractivity (Wildman–Crippen MR) is 48.7 cm³/mol. The molecule has 0 unspecified atom stereocenters. The summed E-state index contributed by atoms with van der Waals surface area (Å²) < 4.78 is 5.43. The molecule has 1 heterocycles. The fourth-order valence-corrected chi connectivity index (χ4v) is 1.25. The van der Waals surface area contributed by atoms with Crippen molar-refractivity contribution in [3.8, 4) is 0 Å². The molecule has 0 spiro atoms. The number of rotatable bonds is 3. The molecule has 1 amide bonds. The summed E-state index contributed by atoms with van der Waals surface area (Å²) in [5, 5.41) is 3.47. The van der Waals surface area contributed by atoms with Crippen molar-refractivity contribution in [2.45, 2.75) is 6.54 Å². The highest BCUT2D eigenvalue weighted by Gasteiger charge is 2.00. The van der Waals surface area contributed by atoms with Crippen LogP contribution in [0.3, 0.4) is 0 Å². The van der Waals surface area contributed by atoms with Gasteiger partial charge in [0.1, 0.15) is 11.3 Å². The van der Waals surface area contributed by atoms with Crippen molar-refractivity contribution < 1.29 is 9.21 Å². The largest absolute Gasteiger partial charge is 0.459 e. The van der Waals surface area contributed by atoms with E-state index in [9.17, 15) is 4.79 Å². The first-order valence-electron chi connectivity index (χ1n) is 3.97.